The van der Waals surface area contributed by atoms with Crippen molar-refractivity contribution in [2.45, 2.75) is 13.5 Å². The summed E-state index contributed by atoms with van der Waals surface area (Å²) in [4.78, 5) is 11.6. The van der Waals surface area contributed by atoms with Gasteiger partial charge in [-0.3, -0.25) is 9.88 Å². The Morgan fingerprint density at radius 2 is 1.52 bits per heavy atom. The molecule has 0 aliphatic rings. The van der Waals surface area contributed by atoms with Gasteiger partial charge in [-0.1, -0.05) is 49.4 Å². The van der Waals surface area contributed by atoms with E-state index in [0.717, 1.165) is 42.9 Å². The second-order valence-electron chi connectivity index (χ2n) is 6.64. The lowest BCUT2D eigenvalue weighted by molar-refractivity contribution is 0.288. The molecule has 27 heavy (non-hydrogen) atoms. The topological polar surface area (TPSA) is 41.0 Å². The molecule has 4 aromatic rings. The number of nitrogens with zero attached hydrogens (tertiary/aromatic N) is 3. The van der Waals surface area contributed by atoms with Crippen LogP contribution in [-0.2, 0) is 6.54 Å². The minimum absolute atomic E-state index is 0.872. The Labute approximate surface area is 159 Å². The molecule has 0 aliphatic carbocycles. The molecular formula is C23H24N4. The summed E-state index contributed by atoms with van der Waals surface area (Å²) in [5.41, 5.74) is 4.34. The number of rotatable bonds is 7. The second kappa shape index (κ2) is 8.14. The molecular weight excluding hydrogens is 332 g/mol. The lowest BCUT2D eigenvalue weighted by Crippen LogP contribution is -2.29. The summed E-state index contributed by atoms with van der Waals surface area (Å²) >= 11 is 0. The van der Waals surface area contributed by atoms with Crippen LogP contribution < -0.4 is 5.32 Å². The van der Waals surface area contributed by atoms with Gasteiger partial charge in [0.15, 0.2) is 0 Å². The van der Waals surface area contributed by atoms with Crippen molar-refractivity contribution in [1.82, 2.24) is 14.9 Å². The van der Waals surface area contributed by atoms with Crippen molar-refractivity contribution in [3.63, 3.8) is 0 Å². The number of pyridine rings is 2. The third kappa shape index (κ3) is 3.91. The van der Waals surface area contributed by atoms with Crippen LogP contribution in [0.15, 0.2) is 72.9 Å². The molecule has 0 bridgehead atoms. The van der Waals surface area contributed by atoms with Crippen molar-refractivity contribution in [3.05, 3.63) is 78.6 Å². The highest BCUT2D eigenvalue weighted by molar-refractivity contribution is 6.07. The van der Waals surface area contributed by atoms with E-state index < -0.39 is 0 Å². The molecule has 4 heteroatoms. The number of hydrogen-bond acceptors (Lipinski definition) is 4. The molecule has 2 aromatic carbocycles. The van der Waals surface area contributed by atoms with Crippen molar-refractivity contribution in [1.29, 1.82) is 0 Å². The molecule has 2 heterocycles. The van der Waals surface area contributed by atoms with Crippen molar-refractivity contribution < 1.29 is 0 Å². The summed E-state index contributed by atoms with van der Waals surface area (Å²) in [6.07, 6.45) is 1.86. The molecule has 0 amide bonds. The Hall–Kier alpha value is -2.98. The highest BCUT2D eigenvalue weighted by atomic mass is 15.1. The van der Waals surface area contributed by atoms with Gasteiger partial charge in [0.2, 0.25) is 0 Å². The number of aromatic nitrogens is 2. The molecule has 136 valence electrons. The van der Waals surface area contributed by atoms with Gasteiger partial charge in [-0.2, -0.15) is 0 Å². The summed E-state index contributed by atoms with van der Waals surface area (Å²) in [6, 6.07) is 22.8. The van der Waals surface area contributed by atoms with E-state index in [1.165, 1.54) is 16.5 Å². The first-order valence-corrected chi connectivity index (χ1v) is 9.49. The van der Waals surface area contributed by atoms with Crippen molar-refractivity contribution >= 4 is 27.5 Å². The standard InChI is InChI=1S/C23H24N4/c1-2-27(17-18-9-7-8-14-24-18)16-15-25-23-19-10-3-5-12-21(19)26-22-13-6-4-11-20(22)23/h3-14H,2,15-17H2,1H3,(H,25,26). The molecule has 0 atom stereocenters. The summed E-state index contributed by atoms with van der Waals surface area (Å²) < 4.78 is 0. The Kier molecular flexibility index (Phi) is 5.26. The van der Waals surface area contributed by atoms with Gasteiger partial charge >= 0.3 is 0 Å². The number of nitrogens with one attached hydrogen (secondary N) is 1. The van der Waals surface area contributed by atoms with E-state index in [9.17, 15) is 0 Å². The highest BCUT2D eigenvalue weighted by Crippen LogP contribution is 2.30. The average Bonchev–Trinajstić information content (AvgIpc) is 2.73. The lowest BCUT2D eigenvalue weighted by Gasteiger charge is -2.21. The first kappa shape index (κ1) is 17.4. The van der Waals surface area contributed by atoms with Crippen LogP contribution in [-0.4, -0.2) is 34.5 Å². The predicted octanol–water partition coefficient (Wildman–Crippen LogP) is 4.72. The van der Waals surface area contributed by atoms with Gasteiger partial charge in [0.1, 0.15) is 0 Å². The van der Waals surface area contributed by atoms with E-state index in [4.69, 9.17) is 4.98 Å². The van der Waals surface area contributed by atoms with E-state index in [-0.39, 0.29) is 0 Å². The summed E-state index contributed by atoms with van der Waals surface area (Å²) in [6.45, 7) is 5.89. The molecule has 0 radical (unpaired) electrons. The van der Waals surface area contributed by atoms with Gasteiger partial charge in [-0.15, -0.1) is 0 Å². The zero-order valence-corrected chi connectivity index (χ0v) is 15.6. The van der Waals surface area contributed by atoms with Crippen LogP contribution in [0.2, 0.25) is 0 Å². The Bertz CT molecular complexity index is 976. The Morgan fingerprint density at radius 3 is 2.15 bits per heavy atom. The van der Waals surface area contributed by atoms with Crippen LogP contribution in [0.3, 0.4) is 0 Å². The molecule has 4 nitrogen and oxygen atoms in total. The van der Waals surface area contributed by atoms with Gasteiger partial charge in [0.05, 0.1) is 22.4 Å². The first-order chi connectivity index (χ1) is 13.3. The molecule has 0 fully saturated rings. The molecule has 1 N–H and O–H groups in total. The number of fused-ring (bicyclic) bond motifs is 2. The smallest absolute Gasteiger partial charge is 0.0730 e. The average molecular weight is 356 g/mol. The number of benzene rings is 2. The maximum absolute atomic E-state index is 4.79. The third-order valence-corrected chi connectivity index (χ3v) is 4.88. The van der Waals surface area contributed by atoms with E-state index in [2.05, 4.69) is 64.6 Å². The molecule has 0 unspecified atom stereocenters. The second-order valence-corrected chi connectivity index (χ2v) is 6.64. The minimum atomic E-state index is 0.872. The van der Waals surface area contributed by atoms with E-state index in [1.807, 2.05) is 30.5 Å². The lowest BCUT2D eigenvalue weighted by atomic mass is 10.1. The Morgan fingerprint density at radius 1 is 0.852 bits per heavy atom. The molecule has 0 saturated heterocycles. The SMILES string of the molecule is CCN(CCNc1c2ccccc2nc2ccccc12)Cc1ccccn1. The zero-order chi connectivity index (χ0) is 18.5. The summed E-state index contributed by atoms with van der Waals surface area (Å²) in [5.74, 6) is 0. The van der Waals surface area contributed by atoms with Crippen molar-refractivity contribution in [2.24, 2.45) is 0 Å². The number of anilines is 1. The predicted molar refractivity (Wildman–Crippen MR) is 113 cm³/mol. The summed E-state index contributed by atoms with van der Waals surface area (Å²) in [7, 11) is 0. The molecule has 4 rings (SSSR count). The van der Waals surface area contributed by atoms with Gasteiger partial charge in [0.25, 0.3) is 0 Å². The summed E-state index contributed by atoms with van der Waals surface area (Å²) in [5, 5.41) is 6.02. The van der Waals surface area contributed by atoms with Gasteiger partial charge in [0, 0.05) is 36.6 Å². The van der Waals surface area contributed by atoms with Gasteiger partial charge < -0.3 is 5.32 Å². The molecule has 0 spiro atoms. The van der Waals surface area contributed by atoms with E-state index >= 15 is 0 Å². The normalized spacial score (nSPS) is 11.3. The van der Waals surface area contributed by atoms with Crippen molar-refractivity contribution in [2.75, 3.05) is 25.0 Å². The fourth-order valence-electron chi connectivity index (χ4n) is 3.44. The first-order valence-electron chi connectivity index (χ1n) is 9.49. The number of hydrogen-bond donors (Lipinski definition) is 1. The largest absolute Gasteiger partial charge is 0.383 e. The highest BCUT2D eigenvalue weighted by Gasteiger charge is 2.09. The minimum Gasteiger partial charge on any atom is -0.383 e. The van der Waals surface area contributed by atoms with Gasteiger partial charge in [-0.05, 0) is 30.8 Å². The fraction of sp³-hybridized carbons (Fsp3) is 0.217. The number of para-hydroxylation sites is 2. The van der Waals surface area contributed by atoms with Crippen LogP contribution >= 0.6 is 0 Å². The molecule has 0 saturated carbocycles. The van der Waals surface area contributed by atoms with E-state index in [0.29, 0.717) is 0 Å². The van der Waals surface area contributed by atoms with Crippen LogP contribution in [0.5, 0.6) is 0 Å². The molecule has 2 aromatic heterocycles. The maximum atomic E-state index is 4.79. The van der Waals surface area contributed by atoms with Crippen LogP contribution in [0.25, 0.3) is 21.8 Å². The monoisotopic (exact) mass is 356 g/mol. The van der Waals surface area contributed by atoms with Crippen LogP contribution in [0.4, 0.5) is 5.69 Å². The van der Waals surface area contributed by atoms with Crippen LogP contribution in [0.1, 0.15) is 12.6 Å². The zero-order valence-electron chi connectivity index (χ0n) is 15.6. The maximum Gasteiger partial charge on any atom is 0.0730 e. The number of likely N-dealkylation sites (N-methyl/N-ethyl adjacent to an activating group) is 1. The third-order valence-electron chi connectivity index (χ3n) is 4.88. The quantitative estimate of drug-likeness (QED) is 0.487. The Balaban J connectivity index is 1.54. The van der Waals surface area contributed by atoms with Crippen molar-refractivity contribution in [3.8, 4) is 0 Å². The molecule has 0 aliphatic heterocycles. The van der Waals surface area contributed by atoms with Crippen LogP contribution in [0, 0.1) is 0 Å². The fourth-order valence-corrected chi connectivity index (χ4v) is 3.44. The van der Waals surface area contributed by atoms with E-state index in [1.54, 1.807) is 0 Å². The van der Waals surface area contributed by atoms with Gasteiger partial charge in [-0.25, -0.2) is 4.98 Å².